The topological polar surface area (TPSA) is 66.9 Å². The lowest BCUT2D eigenvalue weighted by Gasteiger charge is -2.33. The Morgan fingerprint density at radius 3 is 2.81 bits per heavy atom. The molecule has 0 N–H and O–H groups in total. The lowest BCUT2D eigenvalue weighted by atomic mass is 9.93. The number of imidazole rings is 1. The van der Waals surface area contributed by atoms with E-state index in [2.05, 4.69) is 38.9 Å². The molecule has 5 heterocycles. The molecular weight excluding hydrogens is 402 g/mol. The van der Waals surface area contributed by atoms with Crippen molar-refractivity contribution >= 4 is 22.3 Å². The van der Waals surface area contributed by atoms with Gasteiger partial charge in [-0.1, -0.05) is 0 Å². The number of hydrogen-bond acceptors (Lipinski definition) is 6. The van der Waals surface area contributed by atoms with E-state index in [0.29, 0.717) is 22.9 Å². The molecule has 0 bridgehead atoms. The fourth-order valence-electron chi connectivity index (χ4n) is 5.53. The van der Waals surface area contributed by atoms with Crippen LogP contribution in [0.15, 0.2) is 45.9 Å². The molecule has 0 aliphatic carbocycles. The molecule has 2 fully saturated rings. The Labute approximate surface area is 186 Å². The van der Waals surface area contributed by atoms with Gasteiger partial charge in [-0.3, -0.25) is 4.98 Å². The molecule has 3 aromatic heterocycles. The zero-order valence-electron chi connectivity index (χ0n) is 18.7. The van der Waals surface area contributed by atoms with Gasteiger partial charge in [-0.25, -0.2) is 9.78 Å². The molecule has 7 heteroatoms. The lowest BCUT2D eigenvalue weighted by Crippen LogP contribution is -2.42. The summed E-state index contributed by atoms with van der Waals surface area (Å²) in [6.45, 7) is 7.15. The Bertz CT molecular complexity index is 1400. The van der Waals surface area contributed by atoms with Crippen LogP contribution in [0.3, 0.4) is 0 Å². The van der Waals surface area contributed by atoms with Crippen LogP contribution in [0.1, 0.15) is 24.2 Å². The molecule has 1 aromatic carbocycles. The molecule has 6 rings (SSSR count). The highest BCUT2D eigenvalue weighted by molar-refractivity contribution is 5.84. The molecule has 32 heavy (non-hydrogen) atoms. The maximum atomic E-state index is 12.9. The van der Waals surface area contributed by atoms with Gasteiger partial charge < -0.3 is 18.6 Å². The number of nitrogens with zero attached hydrogens (tertiary/aromatic N) is 5. The summed E-state index contributed by atoms with van der Waals surface area (Å²) in [7, 11) is 2.24. The minimum absolute atomic E-state index is 0.366. The lowest BCUT2D eigenvalue weighted by molar-refractivity contribution is 0.158. The fourth-order valence-corrected chi connectivity index (χ4v) is 5.53. The van der Waals surface area contributed by atoms with Gasteiger partial charge >= 0.3 is 5.63 Å². The average Bonchev–Trinajstić information content (AvgIpc) is 3.38. The number of rotatable bonds is 2. The number of likely N-dealkylation sites (N-methyl/N-ethyl adjacent to an activating group) is 1. The van der Waals surface area contributed by atoms with E-state index in [9.17, 15) is 4.79 Å². The van der Waals surface area contributed by atoms with Gasteiger partial charge in [-0.15, -0.1) is 0 Å². The van der Waals surface area contributed by atoms with E-state index in [-0.39, 0.29) is 5.63 Å². The van der Waals surface area contributed by atoms with E-state index in [1.165, 1.54) is 19.4 Å². The third kappa shape index (κ3) is 3.11. The Balaban J connectivity index is 1.36. The van der Waals surface area contributed by atoms with E-state index in [0.717, 1.165) is 47.1 Å². The molecule has 2 aliphatic heterocycles. The van der Waals surface area contributed by atoms with Crippen LogP contribution in [0.25, 0.3) is 27.9 Å². The highest BCUT2D eigenvalue weighted by Crippen LogP contribution is 2.34. The van der Waals surface area contributed by atoms with Crippen molar-refractivity contribution in [3.63, 3.8) is 0 Å². The number of piperidine rings is 1. The first kappa shape index (κ1) is 19.5. The fraction of sp³-hybridized carbons (Fsp3) is 0.400. The summed E-state index contributed by atoms with van der Waals surface area (Å²) in [6.07, 6.45) is 6.36. The van der Waals surface area contributed by atoms with Crippen molar-refractivity contribution in [2.24, 2.45) is 5.92 Å². The number of aryl methyl sites for hydroxylation is 2. The number of likely N-dealkylation sites (tertiary alicyclic amines) is 1. The zero-order valence-corrected chi connectivity index (χ0v) is 18.7. The summed E-state index contributed by atoms with van der Waals surface area (Å²) < 4.78 is 7.70. The predicted octanol–water partition coefficient (Wildman–Crippen LogP) is 3.65. The van der Waals surface area contributed by atoms with Crippen LogP contribution in [0.2, 0.25) is 0 Å². The summed E-state index contributed by atoms with van der Waals surface area (Å²) in [6, 6.07) is 8.71. The van der Waals surface area contributed by atoms with Crippen molar-refractivity contribution in [3.8, 4) is 11.3 Å². The molecule has 0 radical (unpaired) electrons. The minimum Gasteiger partial charge on any atom is -0.422 e. The molecule has 0 amide bonds. The van der Waals surface area contributed by atoms with Gasteiger partial charge in [0.05, 0.1) is 22.6 Å². The quantitative estimate of drug-likeness (QED) is 0.453. The molecule has 0 unspecified atom stereocenters. The normalized spacial score (nSPS) is 21.5. The summed E-state index contributed by atoms with van der Waals surface area (Å²) in [5.74, 6) is 0.718. The first-order chi connectivity index (χ1) is 15.5. The van der Waals surface area contributed by atoms with Crippen molar-refractivity contribution < 1.29 is 4.42 Å². The SMILES string of the molecule is Cc1cn2cc(-c3cc4ccc(N5C[C@H]6CCCN(C)[C@H]6C5)cc4oc3=O)nc2c(C)n1. The zero-order chi connectivity index (χ0) is 22.0. The van der Waals surface area contributed by atoms with E-state index < -0.39 is 0 Å². The van der Waals surface area contributed by atoms with Crippen LogP contribution in [0, 0.1) is 19.8 Å². The Hall–Kier alpha value is -3.19. The second-order valence-corrected chi connectivity index (χ2v) is 9.35. The first-order valence-corrected chi connectivity index (χ1v) is 11.3. The maximum absolute atomic E-state index is 12.9. The Morgan fingerprint density at radius 2 is 1.97 bits per heavy atom. The van der Waals surface area contributed by atoms with Crippen molar-refractivity contribution in [3.05, 3.63) is 58.5 Å². The van der Waals surface area contributed by atoms with E-state index in [4.69, 9.17) is 4.42 Å². The van der Waals surface area contributed by atoms with Gasteiger partial charge in [0.15, 0.2) is 5.65 Å². The van der Waals surface area contributed by atoms with Crippen LogP contribution in [0.4, 0.5) is 5.69 Å². The van der Waals surface area contributed by atoms with Crippen LogP contribution in [0.5, 0.6) is 0 Å². The van der Waals surface area contributed by atoms with Crippen LogP contribution in [-0.2, 0) is 0 Å². The molecule has 0 spiro atoms. The van der Waals surface area contributed by atoms with Gasteiger partial charge in [-0.2, -0.15) is 0 Å². The average molecular weight is 430 g/mol. The van der Waals surface area contributed by atoms with Crippen LogP contribution in [-0.4, -0.2) is 52.0 Å². The van der Waals surface area contributed by atoms with Gasteiger partial charge in [-0.05, 0) is 64.4 Å². The monoisotopic (exact) mass is 429 g/mol. The van der Waals surface area contributed by atoms with Crippen molar-refractivity contribution in [1.29, 1.82) is 0 Å². The van der Waals surface area contributed by atoms with Gasteiger partial charge in [0.1, 0.15) is 5.58 Å². The number of hydrogen-bond donors (Lipinski definition) is 0. The van der Waals surface area contributed by atoms with Crippen LogP contribution < -0.4 is 10.5 Å². The smallest absolute Gasteiger partial charge is 0.345 e. The van der Waals surface area contributed by atoms with Crippen LogP contribution >= 0.6 is 0 Å². The largest absolute Gasteiger partial charge is 0.422 e. The Kier molecular flexibility index (Phi) is 4.37. The van der Waals surface area contributed by atoms with Crippen molar-refractivity contribution in [2.75, 3.05) is 31.6 Å². The number of fused-ring (bicyclic) bond motifs is 3. The number of benzene rings is 1. The number of anilines is 1. The molecule has 2 atom stereocenters. The van der Waals surface area contributed by atoms with Gasteiger partial charge in [0, 0.05) is 48.7 Å². The molecule has 7 nitrogen and oxygen atoms in total. The first-order valence-electron chi connectivity index (χ1n) is 11.3. The second kappa shape index (κ2) is 7.17. The molecule has 0 saturated carbocycles. The highest BCUT2D eigenvalue weighted by atomic mass is 16.4. The molecule has 2 aliphatic rings. The third-order valence-electron chi connectivity index (χ3n) is 7.14. The van der Waals surface area contributed by atoms with Gasteiger partial charge in [0.2, 0.25) is 0 Å². The third-order valence-corrected chi connectivity index (χ3v) is 7.14. The maximum Gasteiger partial charge on any atom is 0.345 e. The Morgan fingerprint density at radius 1 is 1.09 bits per heavy atom. The molecule has 4 aromatic rings. The molecule has 2 saturated heterocycles. The molecule has 164 valence electrons. The molecular formula is C25H27N5O2. The predicted molar refractivity (Wildman–Crippen MR) is 125 cm³/mol. The minimum atomic E-state index is -0.366. The standard InChI is InChI=1S/C25H27N5O2/c1-15-11-30-13-21(27-24(30)16(2)26-15)20-9-17-6-7-19(10-23(17)32-25(20)31)29-12-18-5-4-8-28(3)22(18)14-29/h6-7,9-11,13,18,22H,4-5,8,12,14H2,1-3H3/t18-,22+/m1/s1. The summed E-state index contributed by atoms with van der Waals surface area (Å²) in [4.78, 5) is 26.9. The van der Waals surface area contributed by atoms with E-state index in [1.807, 2.05) is 42.8 Å². The van der Waals surface area contributed by atoms with Crippen molar-refractivity contribution in [1.82, 2.24) is 19.3 Å². The summed E-state index contributed by atoms with van der Waals surface area (Å²) in [5.41, 5.74) is 4.95. The highest BCUT2D eigenvalue weighted by Gasteiger charge is 2.37. The second-order valence-electron chi connectivity index (χ2n) is 9.35. The van der Waals surface area contributed by atoms with E-state index >= 15 is 0 Å². The van der Waals surface area contributed by atoms with Gasteiger partial charge in [0.25, 0.3) is 0 Å². The van der Waals surface area contributed by atoms with Crippen molar-refractivity contribution in [2.45, 2.75) is 32.7 Å². The number of aromatic nitrogens is 3. The van der Waals surface area contributed by atoms with E-state index in [1.54, 1.807) is 0 Å². The summed E-state index contributed by atoms with van der Waals surface area (Å²) in [5, 5.41) is 0.903. The summed E-state index contributed by atoms with van der Waals surface area (Å²) >= 11 is 0.